The van der Waals surface area contributed by atoms with Crippen LogP contribution < -0.4 is 0 Å². The van der Waals surface area contributed by atoms with E-state index in [2.05, 4.69) is 0 Å². The monoisotopic (exact) mass is 858 g/mol. The van der Waals surface area contributed by atoms with Gasteiger partial charge in [0.15, 0.2) is 52.0 Å². The lowest BCUT2D eigenvalue weighted by Crippen LogP contribution is -2.04. The number of rotatable bonds is 4. The van der Waals surface area contributed by atoms with Gasteiger partial charge in [-0.2, -0.15) is 0 Å². The van der Waals surface area contributed by atoms with Gasteiger partial charge in [0.1, 0.15) is 11.0 Å². The highest BCUT2D eigenvalue weighted by molar-refractivity contribution is 6.41. The SMILES string of the molecule is Oc1c(O)c(O)c2c(c1O)c1c(O)c(O)c(O)c3c1c1c2c(O)c(O)c(O)c1n3-c1cc2c3ccccc3c3ccccc3c2cc1-c1nc(-c2ccccc2)nc(-c2ccccc2)n1. The largest absolute Gasteiger partial charge is 0.504 e. The molecule has 0 unspecified atom stereocenters. The first-order chi connectivity index (χ1) is 31.5. The van der Waals surface area contributed by atoms with Crippen LogP contribution in [0.4, 0.5) is 0 Å². The molecular weight excluding hydrogens is 829 g/mol. The summed E-state index contributed by atoms with van der Waals surface area (Å²) in [5.74, 6) is -10.0. The van der Waals surface area contributed by atoms with Gasteiger partial charge in [0.25, 0.3) is 0 Å². The number of hydrogen-bond donors (Lipinski definition) is 10. The predicted molar refractivity (Wildman–Crippen MR) is 246 cm³/mol. The van der Waals surface area contributed by atoms with Crippen LogP contribution in [0.1, 0.15) is 0 Å². The van der Waals surface area contributed by atoms with Crippen LogP contribution in [0.2, 0.25) is 0 Å². The number of fused-ring (bicyclic) bond motifs is 9. The summed E-state index contributed by atoms with van der Waals surface area (Å²) >= 11 is 0. The van der Waals surface area contributed by atoms with Crippen LogP contribution in [0.15, 0.2) is 121 Å². The molecule has 10 N–H and O–H groups in total. The van der Waals surface area contributed by atoms with Crippen molar-refractivity contribution in [3.05, 3.63) is 121 Å². The van der Waals surface area contributed by atoms with E-state index in [1.807, 2.05) is 115 Å². The molecule has 2 aromatic heterocycles. The minimum Gasteiger partial charge on any atom is -0.504 e. The molecule has 14 nitrogen and oxygen atoms in total. The van der Waals surface area contributed by atoms with Gasteiger partial charge in [-0.25, -0.2) is 15.0 Å². The van der Waals surface area contributed by atoms with Gasteiger partial charge in [0.05, 0.1) is 5.69 Å². The van der Waals surface area contributed by atoms with Gasteiger partial charge in [-0.1, -0.05) is 109 Å². The van der Waals surface area contributed by atoms with E-state index in [0.717, 1.165) is 26.9 Å². The van der Waals surface area contributed by atoms with Crippen LogP contribution >= 0.6 is 0 Å². The molecule has 0 aliphatic rings. The molecule has 14 heteroatoms. The van der Waals surface area contributed by atoms with Crippen LogP contribution in [-0.2, 0) is 0 Å². The Morgan fingerprint density at radius 3 is 1.03 bits per heavy atom. The highest BCUT2D eigenvalue weighted by Crippen LogP contribution is 2.64. The molecule has 12 aromatic rings. The highest BCUT2D eigenvalue weighted by Gasteiger charge is 2.36. The van der Waals surface area contributed by atoms with Gasteiger partial charge in [-0.15, -0.1) is 0 Å². The van der Waals surface area contributed by atoms with Crippen LogP contribution in [0.3, 0.4) is 0 Å². The van der Waals surface area contributed by atoms with E-state index in [0.29, 0.717) is 28.2 Å². The van der Waals surface area contributed by atoms with Crippen molar-refractivity contribution in [2.24, 2.45) is 0 Å². The summed E-state index contributed by atoms with van der Waals surface area (Å²) in [4.78, 5) is 15.0. The number of aromatic hydroxyl groups is 10. The normalized spacial score (nSPS) is 12.0. The summed E-state index contributed by atoms with van der Waals surface area (Å²) < 4.78 is 1.30. The third-order valence-corrected chi connectivity index (χ3v) is 12.4. The fourth-order valence-electron chi connectivity index (χ4n) is 9.58. The maximum atomic E-state index is 12.1. The second kappa shape index (κ2) is 13.0. The van der Waals surface area contributed by atoms with Gasteiger partial charge in [0.2, 0.25) is 23.0 Å². The molecule has 2 heterocycles. The Bertz CT molecular complexity index is 3890. The van der Waals surface area contributed by atoms with Crippen molar-refractivity contribution in [3.63, 3.8) is 0 Å². The first-order valence-electron chi connectivity index (χ1n) is 20.1. The number of nitrogens with zero attached hydrogens (tertiary/aromatic N) is 4. The van der Waals surface area contributed by atoms with Crippen molar-refractivity contribution in [3.8, 4) is 97.3 Å². The molecule has 0 aliphatic carbocycles. The van der Waals surface area contributed by atoms with Crippen molar-refractivity contribution in [2.75, 3.05) is 0 Å². The van der Waals surface area contributed by atoms with E-state index in [9.17, 15) is 51.1 Å². The van der Waals surface area contributed by atoms with Gasteiger partial charge >= 0.3 is 0 Å². The molecule has 0 radical (unpaired) electrons. The standard InChI is InChI=1S/C51H30N4O10/c56-39-33-31-32-34(36-35(33)41(58)47(64)48(65)42(36)59)40(57)46(63)44(61)38(32)55(37(31)43(60)45(39)62)30-20-28-26-18-10-8-16-24(26)23-15-7-9-17-25(23)27(28)19-29(30)51-53-49(21-11-3-1-4-12-21)52-50(54-51)22-13-5-2-6-14-22/h1-20,56-65H. The van der Waals surface area contributed by atoms with Crippen molar-refractivity contribution in [1.82, 2.24) is 19.5 Å². The summed E-state index contributed by atoms with van der Waals surface area (Å²) in [7, 11) is 0. The molecule has 0 spiro atoms. The zero-order chi connectivity index (χ0) is 44.7. The van der Waals surface area contributed by atoms with Crippen molar-refractivity contribution < 1.29 is 51.1 Å². The average molecular weight is 859 g/mol. The molecule has 10 aromatic carbocycles. The Kier molecular flexibility index (Phi) is 7.49. The summed E-state index contributed by atoms with van der Waals surface area (Å²) in [5, 5.41) is 118. The lowest BCUT2D eigenvalue weighted by atomic mass is 9.90. The molecule has 0 saturated heterocycles. The van der Waals surface area contributed by atoms with Gasteiger partial charge in [0, 0.05) is 49.0 Å². The third-order valence-electron chi connectivity index (χ3n) is 12.4. The molecule has 0 bridgehead atoms. The second-order valence-electron chi connectivity index (χ2n) is 15.8. The summed E-state index contributed by atoms with van der Waals surface area (Å²) in [6, 6.07) is 37.7. The Hall–Kier alpha value is -9.43. The van der Waals surface area contributed by atoms with Crippen molar-refractivity contribution in [2.45, 2.75) is 0 Å². The smallest absolute Gasteiger partial charge is 0.204 e. The fraction of sp³-hybridized carbons (Fsp3) is 0. The van der Waals surface area contributed by atoms with E-state index in [1.54, 1.807) is 6.07 Å². The zero-order valence-electron chi connectivity index (χ0n) is 33.3. The average Bonchev–Trinajstić information content (AvgIpc) is 3.70. The lowest BCUT2D eigenvalue weighted by Gasteiger charge is -2.19. The zero-order valence-corrected chi connectivity index (χ0v) is 33.3. The van der Waals surface area contributed by atoms with Crippen molar-refractivity contribution >= 4 is 75.7 Å². The molecule has 0 fully saturated rings. The lowest BCUT2D eigenvalue weighted by molar-refractivity contribution is 0.350. The third kappa shape index (κ3) is 4.84. The van der Waals surface area contributed by atoms with Crippen molar-refractivity contribution in [1.29, 1.82) is 0 Å². The second-order valence-corrected chi connectivity index (χ2v) is 15.8. The molecule has 0 saturated carbocycles. The van der Waals surface area contributed by atoms with Crippen LogP contribution in [-0.4, -0.2) is 70.6 Å². The van der Waals surface area contributed by atoms with Gasteiger partial charge < -0.3 is 55.6 Å². The molecule has 0 amide bonds. The molecule has 12 rings (SSSR count). The molecular formula is C51H30N4O10. The predicted octanol–water partition coefficient (Wildman–Crippen LogP) is 10.2. The number of hydrogen-bond acceptors (Lipinski definition) is 13. The van der Waals surface area contributed by atoms with E-state index in [1.165, 1.54) is 4.57 Å². The minimum absolute atomic E-state index is 0.107. The summed E-state index contributed by atoms with van der Waals surface area (Å²) in [6.07, 6.45) is 0. The topological polar surface area (TPSA) is 246 Å². The first-order valence-corrected chi connectivity index (χ1v) is 20.1. The molecule has 0 aliphatic heterocycles. The molecule has 0 atom stereocenters. The van der Waals surface area contributed by atoms with Crippen LogP contribution in [0.5, 0.6) is 57.5 Å². The van der Waals surface area contributed by atoms with E-state index in [-0.39, 0.29) is 38.9 Å². The van der Waals surface area contributed by atoms with Gasteiger partial charge in [-0.05, 0) is 44.5 Å². The Balaban J connectivity index is 1.37. The number of benzene rings is 10. The maximum Gasteiger partial charge on any atom is 0.204 e. The quantitative estimate of drug-likeness (QED) is 0.0450. The number of phenols is 10. The minimum atomic E-state index is -1.21. The van der Waals surface area contributed by atoms with E-state index in [4.69, 9.17) is 15.0 Å². The fourth-order valence-corrected chi connectivity index (χ4v) is 9.58. The number of aromatic nitrogens is 4. The van der Waals surface area contributed by atoms with E-state index >= 15 is 0 Å². The Morgan fingerprint density at radius 1 is 0.292 bits per heavy atom. The maximum absolute atomic E-state index is 12.1. The van der Waals surface area contributed by atoms with E-state index < -0.39 is 79.0 Å². The number of phenolic OH excluding ortho intramolecular Hbond substituents is 10. The molecule has 314 valence electrons. The first kappa shape index (κ1) is 37.3. The Morgan fingerprint density at radius 2 is 0.615 bits per heavy atom. The Labute approximate surface area is 363 Å². The van der Waals surface area contributed by atoms with Crippen LogP contribution in [0.25, 0.3) is 116 Å². The van der Waals surface area contributed by atoms with Gasteiger partial charge in [-0.3, -0.25) is 0 Å². The molecule has 65 heavy (non-hydrogen) atoms. The highest BCUT2D eigenvalue weighted by atomic mass is 16.3. The summed E-state index contributed by atoms with van der Waals surface area (Å²) in [5.41, 5.74) is 1.07. The summed E-state index contributed by atoms with van der Waals surface area (Å²) in [6.45, 7) is 0. The van der Waals surface area contributed by atoms with Crippen LogP contribution in [0, 0.1) is 0 Å².